The van der Waals surface area contributed by atoms with Crippen LogP contribution in [0.4, 0.5) is 5.69 Å². The van der Waals surface area contributed by atoms with E-state index in [1.54, 1.807) is 18.2 Å². The molecule has 2 aromatic rings. The van der Waals surface area contributed by atoms with E-state index >= 15 is 0 Å². The number of nitro groups is 1. The largest absolute Gasteiger partial charge is 0.278 e. The second kappa shape index (κ2) is 7.68. The number of amides is 1. The predicted molar refractivity (Wildman–Crippen MR) is 83.6 cm³/mol. The van der Waals surface area contributed by atoms with Gasteiger partial charge >= 0.3 is 0 Å². The van der Waals surface area contributed by atoms with Crippen LogP contribution in [0.2, 0.25) is 0 Å². The Bertz CT molecular complexity index is 684. The molecule has 0 heterocycles. The zero-order valence-corrected chi connectivity index (χ0v) is 11.8. The lowest BCUT2D eigenvalue weighted by Crippen LogP contribution is -2.18. The summed E-state index contributed by atoms with van der Waals surface area (Å²) in [6.45, 7) is 0. The van der Waals surface area contributed by atoms with Crippen LogP contribution >= 0.6 is 0 Å². The summed E-state index contributed by atoms with van der Waals surface area (Å²) in [4.78, 5) is 22.0. The van der Waals surface area contributed by atoms with Crippen LogP contribution in [0.5, 0.6) is 0 Å². The number of aryl methyl sites for hydroxylation is 1. The summed E-state index contributed by atoms with van der Waals surface area (Å²) < 4.78 is 0. The molecule has 0 saturated carbocycles. The summed E-state index contributed by atoms with van der Waals surface area (Å²) in [5, 5.41) is 14.6. The average Bonchev–Trinajstić information content (AvgIpc) is 2.54. The Morgan fingerprint density at radius 3 is 2.55 bits per heavy atom. The lowest BCUT2D eigenvalue weighted by molar-refractivity contribution is -0.385. The molecule has 0 fully saturated rings. The van der Waals surface area contributed by atoms with Crippen molar-refractivity contribution in [2.75, 3.05) is 0 Å². The molecule has 22 heavy (non-hydrogen) atoms. The molecule has 0 bridgehead atoms. The van der Waals surface area contributed by atoms with E-state index in [1.165, 1.54) is 12.3 Å². The second-order valence-corrected chi connectivity index (χ2v) is 4.59. The van der Waals surface area contributed by atoms with Gasteiger partial charge in [-0.2, -0.15) is 5.10 Å². The number of benzene rings is 2. The van der Waals surface area contributed by atoms with Crippen molar-refractivity contribution in [1.82, 2.24) is 5.43 Å². The molecule has 6 nitrogen and oxygen atoms in total. The molecule has 0 spiro atoms. The number of nitrogens with zero attached hydrogens (tertiary/aromatic N) is 2. The molecule has 112 valence electrons. The molecule has 6 heteroatoms. The van der Waals surface area contributed by atoms with E-state index in [0.29, 0.717) is 18.4 Å². The fourth-order valence-corrected chi connectivity index (χ4v) is 1.90. The van der Waals surface area contributed by atoms with Gasteiger partial charge < -0.3 is 0 Å². The van der Waals surface area contributed by atoms with Crippen molar-refractivity contribution in [3.05, 3.63) is 75.8 Å². The Morgan fingerprint density at radius 2 is 1.82 bits per heavy atom. The van der Waals surface area contributed by atoms with Gasteiger partial charge in [0.25, 0.3) is 5.69 Å². The Balaban J connectivity index is 1.87. The van der Waals surface area contributed by atoms with Gasteiger partial charge in [-0.3, -0.25) is 14.9 Å². The highest BCUT2D eigenvalue weighted by atomic mass is 16.6. The Morgan fingerprint density at radius 1 is 1.14 bits per heavy atom. The highest BCUT2D eigenvalue weighted by molar-refractivity contribution is 5.86. The topological polar surface area (TPSA) is 84.6 Å². The summed E-state index contributed by atoms with van der Waals surface area (Å²) in [6, 6.07) is 15.9. The molecule has 1 amide bonds. The minimum atomic E-state index is -0.488. The number of hydrogen-bond acceptors (Lipinski definition) is 4. The Labute approximate surface area is 127 Å². The quantitative estimate of drug-likeness (QED) is 0.505. The number of nitro benzene ring substituents is 1. The normalized spacial score (nSPS) is 10.5. The molecule has 2 aromatic carbocycles. The Kier molecular flexibility index (Phi) is 5.37. The van der Waals surface area contributed by atoms with Gasteiger partial charge in [-0.15, -0.1) is 0 Å². The molecular weight excluding hydrogens is 282 g/mol. The van der Waals surface area contributed by atoms with Crippen molar-refractivity contribution >= 4 is 17.8 Å². The molecule has 0 aliphatic rings. The first-order chi connectivity index (χ1) is 10.7. The van der Waals surface area contributed by atoms with Crippen molar-refractivity contribution in [2.24, 2.45) is 5.10 Å². The third kappa shape index (κ3) is 4.52. The minimum Gasteiger partial charge on any atom is -0.273 e. The maximum atomic E-state index is 11.7. The second-order valence-electron chi connectivity index (χ2n) is 4.59. The molecule has 0 unspecified atom stereocenters. The molecule has 0 aliphatic carbocycles. The van der Waals surface area contributed by atoms with Gasteiger partial charge in [0.1, 0.15) is 0 Å². The van der Waals surface area contributed by atoms with Crippen molar-refractivity contribution in [3.8, 4) is 0 Å². The maximum Gasteiger partial charge on any atom is 0.278 e. The summed E-state index contributed by atoms with van der Waals surface area (Å²) >= 11 is 0. The predicted octanol–water partition coefficient (Wildman–Crippen LogP) is 2.68. The molecule has 1 N–H and O–H groups in total. The van der Waals surface area contributed by atoms with E-state index in [-0.39, 0.29) is 11.6 Å². The van der Waals surface area contributed by atoms with Crippen LogP contribution < -0.4 is 5.43 Å². The van der Waals surface area contributed by atoms with E-state index in [4.69, 9.17) is 0 Å². The minimum absolute atomic E-state index is 0.0511. The number of carbonyl (C=O) groups excluding carboxylic acids is 1. The summed E-state index contributed by atoms with van der Waals surface area (Å²) in [5.74, 6) is -0.237. The average molecular weight is 297 g/mol. The summed E-state index contributed by atoms with van der Waals surface area (Å²) in [7, 11) is 0. The first kappa shape index (κ1) is 15.4. The summed E-state index contributed by atoms with van der Waals surface area (Å²) in [5.41, 5.74) is 3.74. The van der Waals surface area contributed by atoms with Crippen molar-refractivity contribution in [3.63, 3.8) is 0 Å². The van der Waals surface area contributed by atoms with Crippen LogP contribution in [0.25, 0.3) is 0 Å². The molecule has 0 aromatic heterocycles. The van der Waals surface area contributed by atoms with Crippen molar-refractivity contribution in [2.45, 2.75) is 12.8 Å². The van der Waals surface area contributed by atoms with Gasteiger partial charge in [0.05, 0.1) is 16.7 Å². The van der Waals surface area contributed by atoms with Crippen LogP contribution in [0.1, 0.15) is 17.5 Å². The highest BCUT2D eigenvalue weighted by Gasteiger charge is 2.10. The van der Waals surface area contributed by atoms with E-state index in [1.807, 2.05) is 30.3 Å². The number of hydrogen-bond donors (Lipinski definition) is 1. The molecular formula is C16H15N3O3. The maximum absolute atomic E-state index is 11.7. The molecule has 0 aliphatic heterocycles. The summed E-state index contributed by atoms with van der Waals surface area (Å²) in [6.07, 6.45) is 2.20. The SMILES string of the molecule is O=C(CCc1ccccc1)NN=Cc1ccccc1[N+](=O)[O-]. The van der Waals surface area contributed by atoms with Gasteiger partial charge in [0, 0.05) is 12.5 Å². The van der Waals surface area contributed by atoms with Gasteiger partial charge in [0.15, 0.2) is 0 Å². The van der Waals surface area contributed by atoms with Crippen LogP contribution in [-0.4, -0.2) is 17.0 Å². The number of hydrazone groups is 1. The van der Waals surface area contributed by atoms with Crippen molar-refractivity contribution < 1.29 is 9.72 Å². The van der Waals surface area contributed by atoms with Crippen LogP contribution in [0.3, 0.4) is 0 Å². The first-order valence-electron chi connectivity index (χ1n) is 6.76. The molecule has 0 radical (unpaired) electrons. The van der Waals surface area contributed by atoms with Gasteiger partial charge in [-0.1, -0.05) is 42.5 Å². The zero-order valence-electron chi connectivity index (χ0n) is 11.8. The van der Waals surface area contributed by atoms with Crippen LogP contribution in [0, 0.1) is 10.1 Å². The van der Waals surface area contributed by atoms with Gasteiger partial charge in [-0.25, -0.2) is 5.43 Å². The van der Waals surface area contributed by atoms with E-state index < -0.39 is 4.92 Å². The third-order valence-electron chi connectivity index (χ3n) is 3.01. The monoisotopic (exact) mass is 297 g/mol. The van der Waals surface area contributed by atoms with E-state index in [9.17, 15) is 14.9 Å². The first-order valence-corrected chi connectivity index (χ1v) is 6.76. The smallest absolute Gasteiger partial charge is 0.273 e. The van der Waals surface area contributed by atoms with E-state index in [0.717, 1.165) is 5.56 Å². The zero-order chi connectivity index (χ0) is 15.8. The molecule has 2 rings (SSSR count). The number of carbonyl (C=O) groups is 1. The van der Waals surface area contributed by atoms with E-state index in [2.05, 4.69) is 10.5 Å². The highest BCUT2D eigenvalue weighted by Crippen LogP contribution is 2.14. The fraction of sp³-hybridized carbons (Fsp3) is 0.125. The van der Waals surface area contributed by atoms with Crippen LogP contribution in [0.15, 0.2) is 59.7 Å². The lowest BCUT2D eigenvalue weighted by atomic mass is 10.1. The van der Waals surface area contributed by atoms with Crippen LogP contribution in [-0.2, 0) is 11.2 Å². The number of rotatable bonds is 6. The number of para-hydroxylation sites is 1. The molecule has 0 saturated heterocycles. The lowest BCUT2D eigenvalue weighted by Gasteiger charge is -2.01. The van der Waals surface area contributed by atoms with Crippen molar-refractivity contribution in [1.29, 1.82) is 0 Å². The third-order valence-corrected chi connectivity index (χ3v) is 3.01. The Hall–Kier alpha value is -3.02. The fourth-order valence-electron chi connectivity index (χ4n) is 1.90. The number of nitrogens with one attached hydrogen (secondary N) is 1. The molecule has 0 atom stereocenters. The standard InChI is InChI=1S/C16H15N3O3/c20-16(11-10-13-6-2-1-3-7-13)18-17-12-14-8-4-5-9-15(14)19(21)22/h1-9,12H,10-11H2,(H,18,20). The van der Waals surface area contributed by atoms with Gasteiger partial charge in [-0.05, 0) is 18.1 Å². The van der Waals surface area contributed by atoms with Gasteiger partial charge in [0.2, 0.25) is 5.91 Å².